The molecule has 33 heavy (non-hydrogen) atoms. The van der Waals surface area contributed by atoms with E-state index in [9.17, 15) is 5.11 Å². The number of hydrogen-bond acceptors (Lipinski definition) is 4. The highest BCUT2D eigenvalue weighted by molar-refractivity contribution is 7.80. The van der Waals surface area contributed by atoms with Gasteiger partial charge in [-0.25, -0.2) is 0 Å². The molecule has 0 aromatic carbocycles. The molecule has 0 aromatic rings. The Kier molecular flexibility index (Phi) is 21.5. The maximum absolute atomic E-state index is 9.81. The lowest BCUT2D eigenvalue weighted by Gasteiger charge is -2.31. The summed E-state index contributed by atoms with van der Waals surface area (Å²) in [5.41, 5.74) is -0.0185. The summed E-state index contributed by atoms with van der Waals surface area (Å²) in [6, 6.07) is 0.342. The minimum atomic E-state index is -0.0567. The smallest absolute Gasteiger partial charge is 0.102 e. The summed E-state index contributed by atoms with van der Waals surface area (Å²) in [5.74, 6) is 0. The fourth-order valence-corrected chi connectivity index (χ4v) is 5.68. The van der Waals surface area contributed by atoms with Crippen LogP contribution in [-0.4, -0.2) is 47.3 Å². The molecular formula is C29H59NO2S. The number of thiol groups is 1. The second kappa shape index (κ2) is 22.7. The van der Waals surface area contributed by atoms with Crippen LogP contribution in [0.15, 0.2) is 0 Å². The minimum absolute atomic E-state index is 0.0185. The molecule has 0 aromatic heterocycles. The SMILES string of the molecule is CCCCCCCCCCCCN(CCCCCCCCCCCC)C1CC(S)O[C@@H]1CO. The van der Waals surface area contributed by atoms with Crippen LogP contribution in [0.25, 0.3) is 0 Å². The number of hydrogen-bond donors (Lipinski definition) is 2. The van der Waals surface area contributed by atoms with Crippen LogP contribution in [0.5, 0.6) is 0 Å². The monoisotopic (exact) mass is 485 g/mol. The first-order valence-corrected chi connectivity index (χ1v) is 15.4. The third-order valence-electron chi connectivity index (χ3n) is 7.45. The van der Waals surface area contributed by atoms with Crippen LogP contribution in [-0.2, 0) is 4.74 Å². The average molecular weight is 486 g/mol. The molecule has 0 saturated carbocycles. The fourth-order valence-electron chi connectivity index (χ4n) is 5.30. The lowest BCUT2D eigenvalue weighted by molar-refractivity contribution is 0.0112. The second-order valence-electron chi connectivity index (χ2n) is 10.5. The molecule has 2 unspecified atom stereocenters. The van der Waals surface area contributed by atoms with E-state index in [2.05, 4.69) is 31.4 Å². The van der Waals surface area contributed by atoms with Gasteiger partial charge in [-0.05, 0) is 25.9 Å². The summed E-state index contributed by atoms with van der Waals surface area (Å²) < 4.78 is 5.88. The number of unbranched alkanes of at least 4 members (excludes halogenated alkanes) is 18. The summed E-state index contributed by atoms with van der Waals surface area (Å²) in [5, 5.41) is 9.81. The molecule has 0 bridgehead atoms. The van der Waals surface area contributed by atoms with E-state index in [0.29, 0.717) is 6.04 Å². The van der Waals surface area contributed by atoms with Crippen molar-refractivity contribution in [3.8, 4) is 0 Å². The van der Waals surface area contributed by atoms with Crippen molar-refractivity contribution in [3.05, 3.63) is 0 Å². The van der Waals surface area contributed by atoms with Gasteiger partial charge in [0.05, 0.1) is 12.7 Å². The van der Waals surface area contributed by atoms with Gasteiger partial charge in [0, 0.05) is 12.5 Å². The van der Waals surface area contributed by atoms with E-state index in [1.54, 1.807) is 0 Å². The highest BCUT2D eigenvalue weighted by Crippen LogP contribution is 2.28. The predicted octanol–water partition coefficient (Wildman–Crippen LogP) is 8.54. The summed E-state index contributed by atoms with van der Waals surface area (Å²) in [7, 11) is 0. The highest BCUT2D eigenvalue weighted by Gasteiger charge is 2.36. The predicted molar refractivity (Wildman–Crippen MR) is 148 cm³/mol. The molecule has 1 N–H and O–H groups in total. The van der Waals surface area contributed by atoms with Crippen molar-refractivity contribution in [2.45, 2.75) is 166 Å². The maximum atomic E-state index is 9.81. The molecule has 3 atom stereocenters. The van der Waals surface area contributed by atoms with E-state index in [4.69, 9.17) is 4.74 Å². The summed E-state index contributed by atoms with van der Waals surface area (Å²) in [6.45, 7) is 7.00. The van der Waals surface area contributed by atoms with E-state index in [-0.39, 0.29) is 18.1 Å². The van der Waals surface area contributed by atoms with Crippen molar-refractivity contribution in [2.24, 2.45) is 0 Å². The first kappa shape index (κ1) is 31.3. The van der Waals surface area contributed by atoms with Gasteiger partial charge in [0.1, 0.15) is 5.44 Å². The van der Waals surface area contributed by atoms with Crippen LogP contribution >= 0.6 is 12.6 Å². The molecule has 1 heterocycles. The third-order valence-corrected chi connectivity index (χ3v) is 7.78. The second-order valence-corrected chi connectivity index (χ2v) is 11.1. The van der Waals surface area contributed by atoms with Gasteiger partial charge in [0.25, 0.3) is 0 Å². The molecule has 198 valence electrons. The largest absolute Gasteiger partial charge is 0.394 e. The Morgan fingerprint density at radius 2 is 1.00 bits per heavy atom. The molecule has 0 aliphatic carbocycles. The van der Waals surface area contributed by atoms with Crippen molar-refractivity contribution < 1.29 is 9.84 Å². The first-order valence-electron chi connectivity index (χ1n) is 14.9. The number of aliphatic hydroxyl groups excluding tert-OH is 1. The van der Waals surface area contributed by atoms with Crippen molar-refractivity contribution in [1.29, 1.82) is 0 Å². The molecule has 1 aliphatic heterocycles. The zero-order chi connectivity index (χ0) is 24.0. The van der Waals surface area contributed by atoms with E-state index in [1.165, 1.54) is 128 Å². The van der Waals surface area contributed by atoms with Crippen molar-refractivity contribution in [2.75, 3.05) is 19.7 Å². The molecule has 0 spiro atoms. The molecule has 4 heteroatoms. The molecule has 0 amide bonds. The van der Waals surface area contributed by atoms with Gasteiger partial charge in [-0.3, -0.25) is 4.90 Å². The maximum Gasteiger partial charge on any atom is 0.102 e. The van der Waals surface area contributed by atoms with Gasteiger partial charge < -0.3 is 9.84 Å². The van der Waals surface area contributed by atoms with Crippen LogP contribution in [0.4, 0.5) is 0 Å². The number of aliphatic hydroxyl groups is 1. The molecule has 1 rings (SSSR count). The zero-order valence-electron chi connectivity index (χ0n) is 22.5. The van der Waals surface area contributed by atoms with E-state index >= 15 is 0 Å². The van der Waals surface area contributed by atoms with Crippen molar-refractivity contribution in [1.82, 2.24) is 4.90 Å². The molecule has 0 radical (unpaired) electrons. The Morgan fingerprint density at radius 1 is 0.636 bits per heavy atom. The topological polar surface area (TPSA) is 32.7 Å². The average Bonchev–Trinajstić information content (AvgIpc) is 3.20. The van der Waals surface area contributed by atoms with E-state index in [0.717, 1.165) is 19.5 Å². The van der Waals surface area contributed by atoms with Crippen LogP contribution < -0.4 is 0 Å². The standard InChI is InChI=1S/C29H59NO2S/c1-3-5-7-9-11-13-15-17-19-21-23-30(27-25-29(33)32-28(27)26-31)24-22-20-18-16-14-12-10-8-6-4-2/h27-29,31,33H,3-26H2,1-2H3/t27?,28-,29?/m1/s1. The number of nitrogens with zero attached hydrogens (tertiary/aromatic N) is 1. The number of ether oxygens (including phenoxy) is 1. The van der Waals surface area contributed by atoms with Crippen molar-refractivity contribution in [3.63, 3.8) is 0 Å². The Bertz CT molecular complexity index is 385. The Balaban J connectivity index is 2.20. The lowest BCUT2D eigenvalue weighted by atomic mass is 10.0. The Labute approximate surface area is 213 Å². The van der Waals surface area contributed by atoms with Gasteiger partial charge in [0.2, 0.25) is 0 Å². The van der Waals surface area contributed by atoms with Gasteiger partial charge in [-0.1, -0.05) is 129 Å². The summed E-state index contributed by atoms with van der Waals surface area (Å²) in [6.07, 6.45) is 28.5. The molecular weight excluding hydrogens is 426 g/mol. The fraction of sp³-hybridized carbons (Fsp3) is 1.00. The zero-order valence-corrected chi connectivity index (χ0v) is 23.3. The van der Waals surface area contributed by atoms with Gasteiger partial charge in [-0.15, -0.1) is 12.6 Å². The quantitative estimate of drug-likeness (QED) is 0.106. The van der Waals surface area contributed by atoms with Crippen LogP contribution in [0.2, 0.25) is 0 Å². The van der Waals surface area contributed by atoms with Gasteiger partial charge in [0.15, 0.2) is 0 Å². The Hall–Kier alpha value is 0.230. The van der Waals surface area contributed by atoms with E-state index in [1.807, 2.05) is 0 Å². The molecule has 1 fully saturated rings. The highest BCUT2D eigenvalue weighted by atomic mass is 32.1. The van der Waals surface area contributed by atoms with Crippen molar-refractivity contribution >= 4 is 12.6 Å². The summed E-state index contributed by atoms with van der Waals surface area (Å²) >= 11 is 4.56. The normalized spacial score (nSPS) is 20.8. The first-order chi connectivity index (χ1) is 16.2. The van der Waals surface area contributed by atoms with Gasteiger partial charge in [-0.2, -0.15) is 0 Å². The molecule has 1 saturated heterocycles. The summed E-state index contributed by atoms with van der Waals surface area (Å²) in [4.78, 5) is 2.63. The van der Waals surface area contributed by atoms with Crippen LogP contribution in [0.1, 0.15) is 149 Å². The van der Waals surface area contributed by atoms with Crippen LogP contribution in [0, 0.1) is 0 Å². The Morgan fingerprint density at radius 3 is 1.36 bits per heavy atom. The number of rotatable bonds is 24. The lowest BCUT2D eigenvalue weighted by Crippen LogP contribution is -2.43. The van der Waals surface area contributed by atoms with Gasteiger partial charge >= 0.3 is 0 Å². The van der Waals surface area contributed by atoms with E-state index < -0.39 is 0 Å². The third kappa shape index (κ3) is 16.5. The minimum Gasteiger partial charge on any atom is -0.394 e. The molecule has 3 nitrogen and oxygen atoms in total. The van der Waals surface area contributed by atoms with Crippen LogP contribution in [0.3, 0.4) is 0 Å². The molecule has 1 aliphatic rings.